The van der Waals surface area contributed by atoms with E-state index in [4.69, 9.17) is 25.0 Å². The third-order valence-corrected chi connectivity index (χ3v) is 11.7. The maximum atomic E-state index is 12.2. The van der Waals surface area contributed by atoms with Crippen LogP contribution >= 0.6 is 67.6 Å². The second kappa shape index (κ2) is 12.5. The lowest BCUT2D eigenvalue weighted by atomic mass is 10.2. The molecule has 22 heteroatoms. The van der Waals surface area contributed by atoms with E-state index < -0.39 is 54.2 Å². The van der Waals surface area contributed by atoms with Crippen molar-refractivity contribution in [2.24, 2.45) is 0 Å². The van der Waals surface area contributed by atoms with Crippen LogP contribution in [-0.2, 0) is 36.3 Å². The van der Waals surface area contributed by atoms with E-state index >= 15 is 0 Å². The number of rotatable bonds is 13. The summed E-state index contributed by atoms with van der Waals surface area (Å²) < 4.78 is 58.9. The molecule has 0 radical (unpaired) electrons. The summed E-state index contributed by atoms with van der Waals surface area (Å²) in [5, 5.41) is 0. The molecule has 1 aromatic heterocycles. The Bertz CT molecular complexity index is 1080. The fourth-order valence-corrected chi connectivity index (χ4v) is 8.48. The number of hydrogen-bond donors (Lipinski definition) is 5. The SMILES string of the molecule is CC(C)(I)SSCOC1C[C@H](n2ccc(N)nc2=O)O[C@@H]1COP(=O)(O)OP(=O)(O)OP(=O)(O)O. The van der Waals surface area contributed by atoms with E-state index in [1.54, 1.807) is 0 Å². The maximum Gasteiger partial charge on any atom is 0.490 e. The van der Waals surface area contributed by atoms with Crippen molar-refractivity contribution in [1.82, 2.24) is 9.55 Å². The molecule has 0 aliphatic carbocycles. The van der Waals surface area contributed by atoms with E-state index in [2.05, 4.69) is 40.7 Å². The van der Waals surface area contributed by atoms with Crippen LogP contribution in [0, 0.1) is 0 Å². The minimum absolute atomic E-state index is 0.00362. The minimum Gasteiger partial charge on any atom is -0.383 e. The van der Waals surface area contributed by atoms with Crippen molar-refractivity contribution in [1.29, 1.82) is 0 Å². The van der Waals surface area contributed by atoms with Gasteiger partial charge in [-0.15, -0.1) is 0 Å². The zero-order valence-corrected chi connectivity index (χ0v) is 24.5. The van der Waals surface area contributed by atoms with Gasteiger partial charge >= 0.3 is 29.2 Å². The third-order valence-electron chi connectivity index (χ3n) is 3.75. The van der Waals surface area contributed by atoms with Gasteiger partial charge in [-0.05, 0) is 19.9 Å². The lowest BCUT2D eigenvalue weighted by Gasteiger charge is -2.21. The van der Waals surface area contributed by atoms with Crippen molar-refractivity contribution < 1.29 is 55.9 Å². The van der Waals surface area contributed by atoms with Crippen molar-refractivity contribution in [3.8, 4) is 0 Å². The lowest BCUT2D eigenvalue weighted by Crippen LogP contribution is -2.29. The highest BCUT2D eigenvalue weighted by Crippen LogP contribution is 2.66. The predicted molar refractivity (Wildman–Crippen MR) is 134 cm³/mol. The molecular formula is C13H23IN3O13P3S2. The van der Waals surface area contributed by atoms with Crippen LogP contribution in [0.2, 0.25) is 0 Å². The number of phosphoric acid groups is 3. The number of phosphoric ester groups is 1. The predicted octanol–water partition coefficient (Wildman–Crippen LogP) is 2.35. The third kappa shape index (κ3) is 11.8. The van der Waals surface area contributed by atoms with Crippen molar-refractivity contribution >= 4 is 73.5 Å². The molecule has 202 valence electrons. The standard InChI is InChI=1S/C13H23IN3O13P3S2/c1-13(2,14)35-34-7-26-8-5-11(17-4-3-10(15)16-12(17)18)28-9(8)6-27-32(22,23)30-33(24,25)29-31(19,20)21/h3-4,8-9,11H,5-7H2,1-2H3,(H,22,23)(H,24,25)(H2,15,16,18)(H2,19,20,21)/t8?,9-,11-/m1/s1. The molecule has 16 nitrogen and oxygen atoms in total. The van der Waals surface area contributed by atoms with Gasteiger partial charge < -0.3 is 34.8 Å². The summed E-state index contributed by atoms with van der Waals surface area (Å²) in [6.45, 7) is 3.26. The van der Waals surface area contributed by atoms with E-state index in [1.807, 2.05) is 13.8 Å². The molecule has 0 saturated carbocycles. The lowest BCUT2D eigenvalue weighted by molar-refractivity contribution is -0.0542. The molecule has 1 aliphatic heterocycles. The van der Waals surface area contributed by atoms with E-state index in [9.17, 15) is 28.3 Å². The molecular weight excluding hydrogens is 690 g/mol. The van der Waals surface area contributed by atoms with Gasteiger partial charge in [-0.1, -0.05) is 44.2 Å². The Morgan fingerprint density at radius 3 is 2.49 bits per heavy atom. The van der Waals surface area contributed by atoms with Crippen LogP contribution in [0.15, 0.2) is 17.1 Å². The molecule has 0 amide bonds. The number of nitrogens with two attached hydrogens (primary N) is 1. The Kier molecular flexibility index (Phi) is 11.3. The van der Waals surface area contributed by atoms with E-state index in [-0.39, 0.29) is 20.9 Å². The number of halogens is 1. The summed E-state index contributed by atoms with van der Waals surface area (Å²) in [7, 11) is -13.6. The Morgan fingerprint density at radius 1 is 1.26 bits per heavy atom. The first kappa shape index (κ1) is 31.7. The number of ether oxygens (including phenoxy) is 2. The average Bonchev–Trinajstić information content (AvgIpc) is 3.02. The zero-order chi connectivity index (χ0) is 26.7. The van der Waals surface area contributed by atoms with Gasteiger partial charge in [0.2, 0.25) is 0 Å². The van der Waals surface area contributed by atoms with Gasteiger partial charge in [0.1, 0.15) is 24.1 Å². The van der Waals surface area contributed by atoms with Crippen molar-refractivity contribution in [3.63, 3.8) is 0 Å². The first-order chi connectivity index (χ1) is 15.9. The summed E-state index contributed by atoms with van der Waals surface area (Å²) in [4.78, 5) is 52.0. The number of aromatic nitrogens is 2. The van der Waals surface area contributed by atoms with E-state index in [0.717, 1.165) is 4.57 Å². The quantitative estimate of drug-likeness (QED) is 0.0492. The molecule has 5 atom stereocenters. The number of hydrogen-bond acceptors (Lipinski definition) is 13. The summed E-state index contributed by atoms with van der Waals surface area (Å²) in [6.07, 6.45) is -1.28. The van der Waals surface area contributed by atoms with E-state index in [1.165, 1.54) is 33.9 Å². The molecule has 0 aromatic carbocycles. The second-order valence-corrected chi connectivity index (χ2v) is 17.9. The van der Waals surface area contributed by atoms with Crippen LogP contribution < -0.4 is 11.4 Å². The van der Waals surface area contributed by atoms with Crippen LogP contribution in [0.25, 0.3) is 0 Å². The molecule has 1 aromatic rings. The molecule has 0 bridgehead atoms. The highest BCUT2D eigenvalue weighted by molar-refractivity contribution is 14.1. The average molecular weight is 713 g/mol. The highest BCUT2D eigenvalue weighted by atomic mass is 127. The van der Waals surface area contributed by atoms with Crippen LogP contribution in [0.1, 0.15) is 26.5 Å². The summed E-state index contributed by atoms with van der Waals surface area (Å²) in [5.41, 5.74) is 4.78. The van der Waals surface area contributed by atoms with Gasteiger partial charge in [0.15, 0.2) is 0 Å². The molecule has 1 aliphatic rings. The first-order valence-electron chi connectivity index (χ1n) is 9.25. The molecule has 35 heavy (non-hydrogen) atoms. The van der Waals surface area contributed by atoms with Crippen LogP contribution in [0.5, 0.6) is 0 Å². The number of nitrogens with zero attached hydrogens (tertiary/aromatic N) is 2. The van der Waals surface area contributed by atoms with Gasteiger partial charge in [0, 0.05) is 12.6 Å². The van der Waals surface area contributed by atoms with Gasteiger partial charge in [-0.25, -0.2) is 18.5 Å². The number of nitrogen functional groups attached to an aromatic ring is 1. The van der Waals surface area contributed by atoms with E-state index in [0.29, 0.717) is 0 Å². The summed E-state index contributed by atoms with van der Waals surface area (Å²) in [6, 6.07) is 1.37. The molecule has 2 rings (SSSR count). The molecule has 2 heterocycles. The van der Waals surface area contributed by atoms with Crippen molar-refractivity contribution in [2.75, 3.05) is 18.3 Å². The Labute approximate surface area is 220 Å². The largest absolute Gasteiger partial charge is 0.490 e. The van der Waals surface area contributed by atoms with Gasteiger partial charge in [0.05, 0.1) is 15.5 Å². The van der Waals surface area contributed by atoms with Crippen LogP contribution in [-0.4, -0.2) is 56.6 Å². The number of alkyl halides is 1. The monoisotopic (exact) mass is 713 g/mol. The van der Waals surface area contributed by atoms with Crippen molar-refractivity contribution in [2.45, 2.75) is 41.5 Å². The Morgan fingerprint density at radius 2 is 1.91 bits per heavy atom. The summed E-state index contributed by atoms with van der Waals surface area (Å²) in [5.74, 6) is 0.175. The number of anilines is 1. The Balaban J connectivity index is 2.09. The topological polar surface area (TPSA) is 239 Å². The molecule has 6 N–H and O–H groups in total. The van der Waals surface area contributed by atoms with Crippen molar-refractivity contribution in [3.05, 3.63) is 22.7 Å². The molecule has 3 unspecified atom stereocenters. The summed E-state index contributed by atoms with van der Waals surface area (Å²) >= 11 is 2.24. The second-order valence-electron chi connectivity index (χ2n) is 7.18. The normalized spacial score (nSPS) is 24.7. The first-order valence-corrected chi connectivity index (χ1v) is 17.2. The molecule has 1 saturated heterocycles. The fraction of sp³-hybridized carbons (Fsp3) is 0.692. The van der Waals surface area contributed by atoms with Gasteiger partial charge in [0.25, 0.3) is 0 Å². The Hall–Kier alpha value is 0.440. The van der Waals surface area contributed by atoms with Crippen LogP contribution in [0.3, 0.4) is 0 Å². The molecule has 0 spiro atoms. The zero-order valence-electron chi connectivity index (χ0n) is 18.0. The molecule has 1 fully saturated rings. The van der Waals surface area contributed by atoms with Crippen LogP contribution in [0.4, 0.5) is 5.82 Å². The smallest absolute Gasteiger partial charge is 0.383 e. The van der Waals surface area contributed by atoms with Gasteiger partial charge in [-0.2, -0.15) is 13.6 Å². The minimum atomic E-state index is -5.67. The highest BCUT2D eigenvalue weighted by Gasteiger charge is 2.43. The van der Waals surface area contributed by atoms with Gasteiger partial charge in [-0.3, -0.25) is 9.09 Å². The fourth-order valence-electron chi connectivity index (χ4n) is 2.59. The maximum absolute atomic E-state index is 12.2.